The van der Waals surface area contributed by atoms with E-state index in [-0.39, 0.29) is 18.6 Å². The molecule has 1 aromatic heterocycles. The van der Waals surface area contributed by atoms with Gasteiger partial charge >= 0.3 is 0 Å². The standard InChI is InChI=1S/C19H20N2O2S/c1-13-7-3-4-8-15(13)14(2)20-18(22)11-23-12-19-21-16-9-5-6-10-17(16)24-19/h3-10,14H,11-12H2,1-2H3,(H,20,22). The quantitative estimate of drug-likeness (QED) is 0.738. The van der Waals surface area contributed by atoms with Crippen molar-refractivity contribution in [3.8, 4) is 0 Å². The third-order valence-electron chi connectivity index (χ3n) is 3.83. The summed E-state index contributed by atoms with van der Waals surface area (Å²) in [6, 6.07) is 16.0. The fourth-order valence-corrected chi connectivity index (χ4v) is 3.55. The van der Waals surface area contributed by atoms with Gasteiger partial charge in [0, 0.05) is 0 Å². The summed E-state index contributed by atoms with van der Waals surface area (Å²) >= 11 is 1.59. The van der Waals surface area contributed by atoms with E-state index < -0.39 is 0 Å². The van der Waals surface area contributed by atoms with Crippen molar-refractivity contribution in [2.45, 2.75) is 26.5 Å². The molecule has 0 saturated heterocycles. The Morgan fingerprint density at radius 3 is 2.75 bits per heavy atom. The number of fused-ring (bicyclic) bond motifs is 1. The lowest BCUT2D eigenvalue weighted by Gasteiger charge is -2.16. The van der Waals surface area contributed by atoms with Gasteiger partial charge in [-0.1, -0.05) is 36.4 Å². The molecule has 0 aliphatic rings. The SMILES string of the molecule is Cc1ccccc1C(C)NC(=O)COCc1nc2ccccc2s1. The number of para-hydroxylation sites is 1. The van der Waals surface area contributed by atoms with Crippen LogP contribution in [0.25, 0.3) is 10.2 Å². The summed E-state index contributed by atoms with van der Waals surface area (Å²) in [4.78, 5) is 16.5. The van der Waals surface area contributed by atoms with Crippen molar-refractivity contribution in [2.24, 2.45) is 0 Å². The van der Waals surface area contributed by atoms with E-state index in [0.717, 1.165) is 20.8 Å². The third-order valence-corrected chi connectivity index (χ3v) is 4.84. The first-order valence-electron chi connectivity index (χ1n) is 7.90. The molecular weight excluding hydrogens is 320 g/mol. The Morgan fingerprint density at radius 1 is 1.21 bits per heavy atom. The molecule has 0 aliphatic heterocycles. The molecule has 0 spiro atoms. The molecule has 1 amide bonds. The molecule has 4 nitrogen and oxygen atoms in total. The van der Waals surface area contributed by atoms with Crippen molar-refractivity contribution >= 4 is 27.5 Å². The smallest absolute Gasteiger partial charge is 0.246 e. The molecule has 5 heteroatoms. The highest BCUT2D eigenvalue weighted by atomic mass is 32.1. The Labute approximate surface area is 145 Å². The fourth-order valence-electron chi connectivity index (χ4n) is 2.65. The highest BCUT2D eigenvalue weighted by Crippen LogP contribution is 2.22. The van der Waals surface area contributed by atoms with E-state index >= 15 is 0 Å². The van der Waals surface area contributed by atoms with Gasteiger partial charge in [0.05, 0.1) is 22.9 Å². The van der Waals surface area contributed by atoms with Gasteiger partial charge in [0.2, 0.25) is 5.91 Å². The van der Waals surface area contributed by atoms with E-state index in [0.29, 0.717) is 6.61 Å². The number of aryl methyl sites for hydroxylation is 1. The van der Waals surface area contributed by atoms with Gasteiger partial charge in [-0.3, -0.25) is 4.79 Å². The van der Waals surface area contributed by atoms with Crippen LogP contribution < -0.4 is 5.32 Å². The van der Waals surface area contributed by atoms with Crippen molar-refractivity contribution in [2.75, 3.05) is 6.61 Å². The monoisotopic (exact) mass is 340 g/mol. The number of carbonyl (C=O) groups is 1. The number of nitrogens with zero attached hydrogens (tertiary/aromatic N) is 1. The summed E-state index contributed by atoms with van der Waals surface area (Å²) in [6.45, 7) is 4.41. The minimum Gasteiger partial charge on any atom is -0.364 e. The zero-order chi connectivity index (χ0) is 16.9. The number of amides is 1. The van der Waals surface area contributed by atoms with Crippen molar-refractivity contribution in [3.05, 3.63) is 64.7 Å². The molecule has 0 bridgehead atoms. The van der Waals surface area contributed by atoms with E-state index in [1.165, 1.54) is 5.56 Å². The van der Waals surface area contributed by atoms with Crippen LogP contribution in [0.4, 0.5) is 0 Å². The number of benzene rings is 2. The van der Waals surface area contributed by atoms with E-state index in [4.69, 9.17) is 4.74 Å². The van der Waals surface area contributed by atoms with Crippen LogP contribution in [0.2, 0.25) is 0 Å². The lowest BCUT2D eigenvalue weighted by atomic mass is 10.0. The largest absolute Gasteiger partial charge is 0.364 e. The Morgan fingerprint density at radius 2 is 1.96 bits per heavy atom. The Balaban J connectivity index is 1.49. The number of aromatic nitrogens is 1. The number of hydrogen-bond acceptors (Lipinski definition) is 4. The summed E-state index contributed by atoms with van der Waals surface area (Å²) in [5.41, 5.74) is 3.26. The summed E-state index contributed by atoms with van der Waals surface area (Å²) in [7, 11) is 0. The van der Waals surface area contributed by atoms with Gasteiger partial charge in [-0.25, -0.2) is 4.98 Å². The number of ether oxygens (including phenoxy) is 1. The second kappa shape index (κ2) is 7.55. The zero-order valence-corrected chi connectivity index (χ0v) is 14.6. The van der Waals surface area contributed by atoms with Crippen LogP contribution in [-0.4, -0.2) is 17.5 Å². The maximum atomic E-state index is 12.0. The maximum Gasteiger partial charge on any atom is 0.246 e. The van der Waals surface area contributed by atoms with Crippen LogP contribution in [0.3, 0.4) is 0 Å². The average molecular weight is 340 g/mol. The summed E-state index contributed by atoms with van der Waals surface area (Å²) in [6.07, 6.45) is 0. The lowest BCUT2D eigenvalue weighted by molar-refractivity contribution is -0.126. The molecule has 0 aliphatic carbocycles. The van der Waals surface area contributed by atoms with Gasteiger partial charge in [-0.2, -0.15) is 0 Å². The lowest BCUT2D eigenvalue weighted by Crippen LogP contribution is -2.30. The summed E-state index contributed by atoms with van der Waals surface area (Å²) in [5, 5.41) is 3.85. The van der Waals surface area contributed by atoms with Gasteiger partial charge < -0.3 is 10.1 Å². The highest BCUT2D eigenvalue weighted by Gasteiger charge is 2.12. The number of rotatable bonds is 6. The molecule has 2 aromatic carbocycles. The van der Waals surface area contributed by atoms with Crippen LogP contribution in [-0.2, 0) is 16.1 Å². The molecule has 3 aromatic rings. The molecule has 1 unspecified atom stereocenters. The molecule has 1 N–H and O–H groups in total. The second-order valence-corrected chi connectivity index (χ2v) is 6.83. The fraction of sp³-hybridized carbons (Fsp3) is 0.263. The van der Waals surface area contributed by atoms with Gasteiger partial charge in [0.25, 0.3) is 0 Å². The van der Waals surface area contributed by atoms with Gasteiger partial charge in [0.15, 0.2) is 0 Å². The van der Waals surface area contributed by atoms with Crippen molar-refractivity contribution in [3.63, 3.8) is 0 Å². The minimum absolute atomic E-state index is 0.0339. The van der Waals surface area contributed by atoms with Crippen LogP contribution >= 0.6 is 11.3 Å². The Kier molecular flexibility index (Phi) is 5.23. The highest BCUT2D eigenvalue weighted by molar-refractivity contribution is 7.18. The van der Waals surface area contributed by atoms with Crippen LogP contribution in [0.1, 0.15) is 29.1 Å². The van der Waals surface area contributed by atoms with Crippen molar-refractivity contribution in [1.82, 2.24) is 10.3 Å². The number of thiazole rings is 1. The van der Waals surface area contributed by atoms with E-state index in [1.807, 2.05) is 62.4 Å². The summed E-state index contributed by atoms with van der Waals surface area (Å²) in [5.74, 6) is -0.119. The molecule has 1 heterocycles. The predicted octanol–water partition coefficient (Wildman–Crippen LogP) is 4.00. The van der Waals surface area contributed by atoms with Crippen molar-refractivity contribution in [1.29, 1.82) is 0 Å². The predicted molar refractivity (Wildman–Crippen MR) is 97.0 cm³/mol. The minimum atomic E-state index is -0.119. The van der Waals surface area contributed by atoms with Gasteiger partial charge in [-0.05, 0) is 37.1 Å². The number of nitrogens with one attached hydrogen (secondary N) is 1. The molecule has 0 saturated carbocycles. The average Bonchev–Trinajstić information content (AvgIpc) is 2.97. The van der Waals surface area contributed by atoms with E-state index in [9.17, 15) is 4.79 Å². The number of carbonyl (C=O) groups excluding carboxylic acids is 1. The molecule has 1 atom stereocenters. The van der Waals surface area contributed by atoms with Crippen LogP contribution in [0, 0.1) is 6.92 Å². The maximum absolute atomic E-state index is 12.0. The summed E-state index contributed by atoms with van der Waals surface area (Å²) < 4.78 is 6.65. The molecule has 0 radical (unpaired) electrons. The first-order valence-corrected chi connectivity index (χ1v) is 8.72. The number of hydrogen-bond donors (Lipinski definition) is 1. The molecular formula is C19H20N2O2S. The van der Waals surface area contributed by atoms with Crippen molar-refractivity contribution < 1.29 is 9.53 Å². The van der Waals surface area contributed by atoms with E-state index in [2.05, 4.69) is 10.3 Å². The molecule has 124 valence electrons. The Hall–Kier alpha value is -2.24. The molecule has 24 heavy (non-hydrogen) atoms. The second-order valence-electron chi connectivity index (χ2n) is 5.71. The normalized spacial score (nSPS) is 12.2. The van der Waals surface area contributed by atoms with Crippen LogP contribution in [0.5, 0.6) is 0 Å². The van der Waals surface area contributed by atoms with E-state index in [1.54, 1.807) is 11.3 Å². The molecule has 0 fully saturated rings. The zero-order valence-electron chi connectivity index (χ0n) is 13.8. The third kappa shape index (κ3) is 3.99. The first kappa shape index (κ1) is 16.6. The topological polar surface area (TPSA) is 51.2 Å². The first-order chi connectivity index (χ1) is 11.6. The molecule has 3 rings (SSSR count). The van der Waals surface area contributed by atoms with Crippen LogP contribution in [0.15, 0.2) is 48.5 Å². The Bertz CT molecular complexity index is 811. The van der Waals surface area contributed by atoms with Gasteiger partial charge in [0.1, 0.15) is 11.6 Å². The van der Waals surface area contributed by atoms with Gasteiger partial charge in [-0.15, -0.1) is 11.3 Å².